The third-order valence-corrected chi connectivity index (χ3v) is 3.80. The number of likely N-dealkylation sites (tertiary alicyclic amines) is 1. The average molecular weight is 242 g/mol. The zero-order valence-electron chi connectivity index (χ0n) is 11.8. The van der Waals surface area contributed by atoms with Crippen LogP contribution >= 0.6 is 0 Å². The fraction of sp³-hybridized carbons (Fsp3) is 1.00. The molecule has 2 atom stereocenters. The van der Waals surface area contributed by atoms with E-state index < -0.39 is 0 Å². The van der Waals surface area contributed by atoms with Crippen LogP contribution in [0.25, 0.3) is 0 Å². The van der Waals surface area contributed by atoms with Crippen molar-refractivity contribution in [3.8, 4) is 0 Å². The number of aliphatic hydroxyl groups excluding tert-OH is 1. The van der Waals surface area contributed by atoms with Crippen LogP contribution in [0.1, 0.15) is 40.0 Å². The molecule has 1 aliphatic heterocycles. The summed E-state index contributed by atoms with van der Waals surface area (Å²) in [7, 11) is 0. The minimum absolute atomic E-state index is 0.124. The first-order chi connectivity index (χ1) is 8.13. The third kappa shape index (κ3) is 5.84. The summed E-state index contributed by atoms with van der Waals surface area (Å²) in [6, 6.07) is 0. The zero-order chi connectivity index (χ0) is 12.7. The fourth-order valence-corrected chi connectivity index (χ4v) is 2.65. The molecule has 0 radical (unpaired) electrons. The van der Waals surface area contributed by atoms with Gasteiger partial charge in [0, 0.05) is 6.54 Å². The Morgan fingerprint density at radius 2 is 1.94 bits per heavy atom. The topological polar surface area (TPSA) is 35.5 Å². The van der Waals surface area contributed by atoms with Crippen LogP contribution in [0.3, 0.4) is 0 Å². The minimum atomic E-state index is -0.124. The molecule has 1 heterocycles. The Morgan fingerprint density at radius 1 is 1.29 bits per heavy atom. The molecule has 1 saturated heterocycles. The van der Waals surface area contributed by atoms with Crippen molar-refractivity contribution in [2.24, 2.45) is 11.8 Å². The maximum atomic E-state index is 9.56. The van der Waals surface area contributed by atoms with E-state index in [9.17, 15) is 5.11 Å². The van der Waals surface area contributed by atoms with Gasteiger partial charge in [0.25, 0.3) is 0 Å². The van der Waals surface area contributed by atoms with Crippen LogP contribution in [0.15, 0.2) is 0 Å². The van der Waals surface area contributed by atoms with Gasteiger partial charge in [0.05, 0.1) is 6.10 Å². The molecule has 0 saturated carbocycles. The highest BCUT2D eigenvalue weighted by Crippen LogP contribution is 2.20. The monoisotopic (exact) mass is 242 g/mol. The molecule has 0 aromatic carbocycles. The van der Waals surface area contributed by atoms with Gasteiger partial charge in [-0.2, -0.15) is 0 Å². The lowest BCUT2D eigenvalue weighted by Crippen LogP contribution is -2.40. The lowest BCUT2D eigenvalue weighted by molar-refractivity contribution is 0.0673. The molecule has 0 aromatic heterocycles. The summed E-state index contributed by atoms with van der Waals surface area (Å²) in [5.41, 5.74) is 0. The van der Waals surface area contributed by atoms with Crippen molar-refractivity contribution in [2.45, 2.75) is 46.1 Å². The molecule has 0 amide bonds. The Bertz CT molecular complexity index is 189. The van der Waals surface area contributed by atoms with Gasteiger partial charge in [-0.25, -0.2) is 0 Å². The number of piperidine rings is 1. The summed E-state index contributed by atoms with van der Waals surface area (Å²) in [4.78, 5) is 2.55. The normalized spacial score (nSPS) is 22.6. The lowest BCUT2D eigenvalue weighted by Gasteiger charge is -2.34. The van der Waals surface area contributed by atoms with E-state index >= 15 is 0 Å². The second-order valence-electron chi connectivity index (χ2n) is 5.69. The summed E-state index contributed by atoms with van der Waals surface area (Å²) in [5, 5.41) is 13.0. The average Bonchev–Trinajstić information content (AvgIpc) is 2.30. The molecule has 0 spiro atoms. The molecule has 2 N–H and O–H groups in total. The molecule has 1 rings (SSSR count). The van der Waals surface area contributed by atoms with Crippen molar-refractivity contribution in [1.29, 1.82) is 0 Å². The number of aliphatic hydroxyl groups is 1. The van der Waals surface area contributed by atoms with Crippen LogP contribution < -0.4 is 5.32 Å². The van der Waals surface area contributed by atoms with Crippen LogP contribution in [0.4, 0.5) is 0 Å². The Morgan fingerprint density at radius 3 is 2.47 bits per heavy atom. The van der Waals surface area contributed by atoms with Crippen LogP contribution in [0, 0.1) is 11.8 Å². The van der Waals surface area contributed by atoms with Gasteiger partial charge < -0.3 is 15.3 Å². The van der Waals surface area contributed by atoms with Crippen LogP contribution in [0.5, 0.6) is 0 Å². The summed E-state index contributed by atoms with van der Waals surface area (Å²) in [5.74, 6) is 1.25. The second-order valence-corrected chi connectivity index (χ2v) is 5.69. The Balaban J connectivity index is 2.12. The van der Waals surface area contributed by atoms with E-state index in [-0.39, 0.29) is 6.10 Å². The van der Waals surface area contributed by atoms with Gasteiger partial charge in [0.15, 0.2) is 0 Å². The SMILES string of the molecule is CCCNCC(C)CN1CCC(C(C)O)CC1. The number of nitrogens with one attached hydrogen (secondary N) is 1. The summed E-state index contributed by atoms with van der Waals surface area (Å²) in [6.07, 6.45) is 3.41. The first-order valence-corrected chi connectivity index (χ1v) is 7.24. The van der Waals surface area contributed by atoms with E-state index in [1.54, 1.807) is 0 Å². The highest BCUT2D eigenvalue weighted by molar-refractivity contribution is 4.76. The van der Waals surface area contributed by atoms with Gasteiger partial charge in [0.2, 0.25) is 0 Å². The Kier molecular flexibility index (Phi) is 7.09. The molecule has 17 heavy (non-hydrogen) atoms. The van der Waals surface area contributed by atoms with Gasteiger partial charge in [-0.3, -0.25) is 0 Å². The van der Waals surface area contributed by atoms with E-state index in [1.165, 1.54) is 13.0 Å². The van der Waals surface area contributed by atoms with Gasteiger partial charge in [-0.1, -0.05) is 13.8 Å². The van der Waals surface area contributed by atoms with Crippen molar-refractivity contribution < 1.29 is 5.11 Å². The molecule has 2 unspecified atom stereocenters. The largest absolute Gasteiger partial charge is 0.393 e. The molecular weight excluding hydrogens is 212 g/mol. The molecule has 102 valence electrons. The summed E-state index contributed by atoms with van der Waals surface area (Å²) >= 11 is 0. The highest BCUT2D eigenvalue weighted by Gasteiger charge is 2.23. The van der Waals surface area contributed by atoms with Gasteiger partial charge in [0.1, 0.15) is 0 Å². The first-order valence-electron chi connectivity index (χ1n) is 7.24. The predicted octanol–water partition coefficient (Wildman–Crippen LogP) is 1.71. The van der Waals surface area contributed by atoms with Crippen LogP contribution in [-0.4, -0.2) is 48.8 Å². The van der Waals surface area contributed by atoms with Crippen molar-refractivity contribution in [3.63, 3.8) is 0 Å². The second kappa shape index (κ2) is 8.06. The molecule has 1 aliphatic rings. The number of nitrogens with zero attached hydrogens (tertiary/aromatic N) is 1. The van der Waals surface area contributed by atoms with E-state index in [0.29, 0.717) is 5.92 Å². The molecular formula is C14H30N2O. The highest BCUT2D eigenvalue weighted by atomic mass is 16.3. The standard InChI is InChI=1S/C14H30N2O/c1-4-7-15-10-12(2)11-16-8-5-14(6-9-16)13(3)17/h12-15,17H,4-11H2,1-3H3. The quantitative estimate of drug-likeness (QED) is 0.667. The van der Waals surface area contributed by atoms with E-state index in [0.717, 1.165) is 44.9 Å². The lowest BCUT2D eigenvalue weighted by atomic mass is 9.92. The van der Waals surface area contributed by atoms with Crippen LogP contribution in [0.2, 0.25) is 0 Å². The molecule has 3 nitrogen and oxygen atoms in total. The van der Waals surface area contributed by atoms with Gasteiger partial charge in [-0.15, -0.1) is 0 Å². The van der Waals surface area contributed by atoms with E-state index in [1.807, 2.05) is 6.92 Å². The van der Waals surface area contributed by atoms with E-state index in [4.69, 9.17) is 0 Å². The molecule has 0 aliphatic carbocycles. The maximum Gasteiger partial charge on any atom is 0.0541 e. The first kappa shape index (κ1) is 14.9. The smallest absolute Gasteiger partial charge is 0.0541 e. The molecule has 3 heteroatoms. The summed E-state index contributed by atoms with van der Waals surface area (Å²) in [6.45, 7) is 12.2. The van der Waals surface area contributed by atoms with Gasteiger partial charge in [-0.05, 0) is 64.2 Å². The van der Waals surface area contributed by atoms with Crippen molar-refractivity contribution in [3.05, 3.63) is 0 Å². The van der Waals surface area contributed by atoms with Crippen molar-refractivity contribution >= 4 is 0 Å². The number of rotatable bonds is 7. The van der Waals surface area contributed by atoms with Crippen molar-refractivity contribution in [1.82, 2.24) is 10.2 Å². The number of hydrogen-bond acceptors (Lipinski definition) is 3. The van der Waals surface area contributed by atoms with Crippen molar-refractivity contribution in [2.75, 3.05) is 32.7 Å². The molecule has 0 aromatic rings. The summed E-state index contributed by atoms with van der Waals surface area (Å²) < 4.78 is 0. The number of hydrogen-bond donors (Lipinski definition) is 2. The zero-order valence-corrected chi connectivity index (χ0v) is 11.8. The molecule has 1 fully saturated rings. The predicted molar refractivity (Wildman–Crippen MR) is 73.2 cm³/mol. The maximum absolute atomic E-state index is 9.56. The fourth-order valence-electron chi connectivity index (χ4n) is 2.65. The van der Waals surface area contributed by atoms with Crippen LogP contribution in [-0.2, 0) is 0 Å². The molecule has 0 bridgehead atoms. The van der Waals surface area contributed by atoms with Gasteiger partial charge >= 0.3 is 0 Å². The minimum Gasteiger partial charge on any atom is -0.393 e. The Hall–Kier alpha value is -0.120. The third-order valence-electron chi connectivity index (χ3n) is 3.80. The van der Waals surface area contributed by atoms with E-state index in [2.05, 4.69) is 24.1 Å². The Labute approximate surface area is 107 Å².